The van der Waals surface area contributed by atoms with Crippen molar-refractivity contribution in [2.24, 2.45) is 16.8 Å². The topological polar surface area (TPSA) is 80.2 Å². The predicted octanol–water partition coefficient (Wildman–Crippen LogP) is 3.67. The molecule has 3 aliphatic heterocycles. The highest BCUT2D eigenvalue weighted by Crippen LogP contribution is 2.74. The minimum atomic E-state index is -1.11. The van der Waals surface area contributed by atoms with Gasteiger partial charge in [0.1, 0.15) is 21.4 Å². The third kappa shape index (κ3) is 1.65. The number of para-hydroxylation sites is 1. The Morgan fingerprint density at radius 1 is 1.04 bits per heavy atom. The minimum absolute atomic E-state index is 0.160. The normalized spacial score (nSPS) is 32.9. The van der Waals surface area contributed by atoms with Crippen LogP contribution in [0.1, 0.15) is 18.1 Å². The molecule has 0 aromatic heterocycles. The van der Waals surface area contributed by atoms with E-state index in [0.29, 0.717) is 5.84 Å². The van der Waals surface area contributed by atoms with Crippen molar-refractivity contribution in [3.8, 4) is 12.1 Å². The van der Waals surface area contributed by atoms with E-state index in [1.54, 1.807) is 11.8 Å². The number of amides is 1. The van der Waals surface area contributed by atoms with Crippen LogP contribution in [0.4, 0.5) is 5.69 Å². The van der Waals surface area contributed by atoms with E-state index >= 15 is 0 Å². The van der Waals surface area contributed by atoms with E-state index in [1.807, 2.05) is 54.6 Å². The molecule has 0 aliphatic carbocycles. The molecule has 0 radical (unpaired) electrons. The third-order valence-electron chi connectivity index (χ3n) is 5.74. The zero-order valence-electron chi connectivity index (χ0n) is 14.5. The van der Waals surface area contributed by atoms with Gasteiger partial charge < -0.3 is 0 Å². The van der Waals surface area contributed by atoms with Gasteiger partial charge in [-0.2, -0.15) is 10.5 Å². The number of nitrogens with zero attached hydrogens (tertiary/aromatic N) is 4. The fourth-order valence-electron chi connectivity index (χ4n) is 4.72. The van der Waals surface area contributed by atoms with Gasteiger partial charge in [0.2, 0.25) is 0 Å². The van der Waals surface area contributed by atoms with Crippen molar-refractivity contribution in [3.05, 3.63) is 65.7 Å². The molecule has 27 heavy (non-hydrogen) atoms. The highest BCUT2D eigenvalue weighted by molar-refractivity contribution is 8.02. The molecule has 5 nitrogen and oxygen atoms in total. The number of carbonyl (C=O) groups excluding carboxylic acids is 1. The van der Waals surface area contributed by atoms with Crippen LogP contribution in [-0.2, 0) is 14.4 Å². The molecule has 5 rings (SSSR count). The molecule has 4 atom stereocenters. The Morgan fingerprint density at radius 3 is 2.41 bits per heavy atom. The fraction of sp³-hybridized carbons (Fsp3) is 0.238. The Kier molecular flexibility index (Phi) is 3.11. The van der Waals surface area contributed by atoms with Gasteiger partial charge in [-0.25, -0.2) is 4.99 Å². The van der Waals surface area contributed by atoms with E-state index in [-0.39, 0.29) is 5.91 Å². The fourth-order valence-corrected chi connectivity index (χ4v) is 6.86. The lowest BCUT2D eigenvalue weighted by Crippen LogP contribution is -2.58. The van der Waals surface area contributed by atoms with Gasteiger partial charge in [-0.3, -0.25) is 9.69 Å². The molecule has 130 valence electrons. The van der Waals surface area contributed by atoms with E-state index in [2.05, 4.69) is 17.1 Å². The molecule has 1 amide bonds. The molecular weight excluding hydrogens is 356 g/mol. The first kappa shape index (κ1) is 16.1. The summed E-state index contributed by atoms with van der Waals surface area (Å²) >= 11 is 1.43. The van der Waals surface area contributed by atoms with E-state index < -0.39 is 21.5 Å². The van der Waals surface area contributed by atoms with E-state index in [4.69, 9.17) is 0 Å². The maximum absolute atomic E-state index is 13.7. The first-order valence-corrected chi connectivity index (χ1v) is 9.47. The molecule has 1 spiro atoms. The maximum atomic E-state index is 13.7. The number of fused-ring (bicyclic) bond motifs is 2. The summed E-state index contributed by atoms with van der Waals surface area (Å²) in [4.78, 5) is 19.1. The Balaban J connectivity index is 1.88. The average Bonchev–Trinajstić information content (AvgIpc) is 3.15. The number of rotatable bonds is 1. The Hall–Kier alpha value is -3.09. The summed E-state index contributed by atoms with van der Waals surface area (Å²) < 4.78 is -1.11. The molecule has 0 N–H and O–H groups in total. The van der Waals surface area contributed by atoms with Gasteiger partial charge in [-0.15, -0.1) is 11.8 Å². The smallest absolute Gasteiger partial charge is 0.251 e. The van der Waals surface area contributed by atoms with Crippen molar-refractivity contribution in [1.29, 1.82) is 10.5 Å². The van der Waals surface area contributed by atoms with Gasteiger partial charge in [0.05, 0.1) is 23.7 Å². The van der Waals surface area contributed by atoms with Crippen LogP contribution in [0.2, 0.25) is 0 Å². The molecule has 2 fully saturated rings. The number of carbonyl (C=O) groups is 1. The summed E-state index contributed by atoms with van der Waals surface area (Å²) in [6.07, 6.45) is 0. The number of thioether (sulfide) groups is 1. The molecule has 2 bridgehead atoms. The van der Waals surface area contributed by atoms with Crippen molar-refractivity contribution in [1.82, 2.24) is 4.90 Å². The van der Waals surface area contributed by atoms with Crippen molar-refractivity contribution in [2.45, 2.75) is 16.5 Å². The van der Waals surface area contributed by atoms with Gasteiger partial charge in [0.25, 0.3) is 5.91 Å². The number of piperidine rings is 1. The largest absolute Gasteiger partial charge is 0.278 e. The Morgan fingerprint density at radius 2 is 1.70 bits per heavy atom. The SMILES string of the molecule is CC1=Nc2ccccc2C23SC(c4ccccc4)(C(=O)N12)C(C#N)C3C#N. The molecule has 0 saturated carbocycles. The molecule has 6 heteroatoms. The molecular formula is C21H14N4OS. The summed E-state index contributed by atoms with van der Waals surface area (Å²) in [5, 5.41) is 20.1. The summed E-state index contributed by atoms with van der Waals surface area (Å²) in [7, 11) is 0. The van der Waals surface area contributed by atoms with Crippen LogP contribution >= 0.6 is 11.8 Å². The monoisotopic (exact) mass is 370 g/mol. The van der Waals surface area contributed by atoms with Crippen LogP contribution in [-0.4, -0.2) is 16.6 Å². The van der Waals surface area contributed by atoms with Crippen LogP contribution in [0, 0.1) is 34.5 Å². The Bertz CT molecular complexity index is 1100. The molecule has 2 aromatic carbocycles. The molecule has 4 unspecified atom stereocenters. The van der Waals surface area contributed by atoms with Crippen LogP contribution in [0.3, 0.4) is 0 Å². The summed E-state index contributed by atoms with van der Waals surface area (Å²) in [5.41, 5.74) is 2.36. The zero-order chi connectivity index (χ0) is 18.8. The van der Waals surface area contributed by atoms with Crippen molar-refractivity contribution in [2.75, 3.05) is 0 Å². The number of aliphatic imine (C=N–C) groups is 1. The quantitative estimate of drug-likeness (QED) is 0.767. The second-order valence-corrected chi connectivity index (χ2v) is 8.40. The molecule has 2 saturated heterocycles. The molecule has 3 heterocycles. The molecule has 3 aliphatic rings. The standard InChI is InChI=1S/C21H14N4OS/c1-13-24-18-10-6-5-9-15(18)21-17(12-23)16(11-22)20(27-21,19(26)25(13)21)14-7-3-2-4-8-14/h2-10,16-17H,1H3. The highest BCUT2D eigenvalue weighted by Gasteiger charge is 2.78. The molecule has 2 aromatic rings. The van der Waals surface area contributed by atoms with Crippen molar-refractivity contribution < 1.29 is 4.79 Å². The van der Waals surface area contributed by atoms with Gasteiger partial charge in [0, 0.05) is 5.56 Å². The van der Waals surface area contributed by atoms with Crippen LogP contribution < -0.4 is 0 Å². The van der Waals surface area contributed by atoms with Gasteiger partial charge in [-0.05, 0) is 18.6 Å². The third-order valence-corrected chi connectivity index (χ3v) is 7.69. The van der Waals surface area contributed by atoms with Gasteiger partial charge in [0.15, 0.2) is 0 Å². The number of amidine groups is 1. The lowest BCUT2D eigenvalue weighted by Gasteiger charge is -2.45. The van der Waals surface area contributed by atoms with E-state index in [0.717, 1.165) is 16.8 Å². The minimum Gasteiger partial charge on any atom is -0.278 e. The Labute approximate surface area is 160 Å². The number of nitriles is 2. The summed E-state index contributed by atoms with van der Waals surface area (Å²) in [6, 6.07) is 21.6. The van der Waals surface area contributed by atoms with Crippen LogP contribution in [0.5, 0.6) is 0 Å². The number of hydrogen-bond acceptors (Lipinski definition) is 5. The zero-order valence-corrected chi connectivity index (χ0v) is 15.3. The maximum Gasteiger partial charge on any atom is 0.251 e. The van der Waals surface area contributed by atoms with E-state index in [9.17, 15) is 15.3 Å². The second-order valence-electron chi connectivity index (χ2n) is 6.93. The highest BCUT2D eigenvalue weighted by atomic mass is 32.2. The lowest BCUT2D eigenvalue weighted by molar-refractivity contribution is -0.136. The van der Waals surface area contributed by atoms with Gasteiger partial charge >= 0.3 is 0 Å². The number of hydrogen-bond donors (Lipinski definition) is 0. The lowest BCUT2D eigenvalue weighted by atomic mass is 9.69. The summed E-state index contributed by atoms with van der Waals surface area (Å²) in [5.74, 6) is -0.984. The predicted molar refractivity (Wildman–Crippen MR) is 102 cm³/mol. The van der Waals surface area contributed by atoms with Gasteiger partial charge in [-0.1, -0.05) is 48.5 Å². The van der Waals surface area contributed by atoms with Crippen molar-refractivity contribution in [3.63, 3.8) is 0 Å². The number of benzene rings is 2. The second kappa shape index (κ2) is 5.22. The van der Waals surface area contributed by atoms with E-state index in [1.165, 1.54) is 11.8 Å². The first-order chi connectivity index (χ1) is 13.1. The first-order valence-electron chi connectivity index (χ1n) is 8.65. The average molecular weight is 370 g/mol. The summed E-state index contributed by atoms with van der Waals surface area (Å²) in [6.45, 7) is 1.80. The van der Waals surface area contributed by atoms with Crippen LogP contribution in [0.25, 0.3) is 0 Å². The van der Waals surface area contributed by atoms with Crippen LogP contribution in [0.15, 0.2) is 59.6 Å². The van der Waals surface area contributed by atoms with Crippen molar-refractivity contribution >= 4 is 29.2 Å².